The molecule has 0 bridgehead atoms. The number of nitrogens with one attached hydrogen (secondary N) is 2. The van der Waals surface area contributed by atoms with E-state index in [-0.39, 0.29) is 13.1 Å². The summed E-state index contributed by atoms with van der Waals surface area (Å²) in [7, 11) is -4.08. The normalized spacial score (nSPS) is 19.0. The summed E-state index contributed by atoms with van der Waals surface area (Å²) in [6.45, 7) is 2.14. The van der Waals surface area contributed by atoms with E-state index >= 15 is 0 Å². The summed E-state index contributed by atoms with van der Waals surface area (Å²) in [5.41, 5.74) is 1.12. The first-order chi connectivity index (χ1) is 11.6. The molecule has 1 atom stereocenters. The molecular formula is C14H18F3N3O4S. The van der Waals surface area contributed by atoms with E-state index < -0.39 is 38.8 Å². The van der Waals surface area contributed by atoms with Gasteiger partial charge >= 0.3 is 12.2 Å². The third-order valence-corrected chi connectivity index (χ3v) is 5.42. The fraction of sp³-hybridized carbons (Fsp3) is 0.500. The molecule has 25 heavy (non-hydrogen) atoms. The minimum absolute atomic E-state index is 0.0645. The van der Waals surface area contributed by atoms with Gasteiger partial charge in [0.05, 0.1) is 10.5 Å². The van der Waals surface area contributed by atoms with Crippen molar-refractivity contribution in [2.24, 2.45) is 0 Å². The molecule has 2 rings (SSSR count). The molecule has 1 aliphatic rings. The second-order valence-electron chi connectivity index (χ2n) is 5.38. The van der Waals surface area contributed by atoms with Crippen molar-refractivity contribution in [1.29, 1.82) is 0 Å². The zero-order valence-corrected chi connectivity index (χ0v) is 14.2. The van der Waals surface area contributed by atoms with Crippen LogP contribution in [-0.4, -0.2) is 44.5 Å². The lowest BCUT2D eigenvalue weighted by molar-refractivity contribution is -0.137. The Morgan fingerprint density at radius 1 is 1.40 bits per heavy atom. The quantitative estimate of drug-likeness (QED) is 0.761. The number of benzene rings is 1. The van der Waals surface area contributed by atoms with Crippen LogP contribution in [0.25, 0.3) is 0 Å². The van der Waals surface area contributed by atoms with Gasteiger partial charge in [0.1, 0.15) is 6.10 Å². The van der Waals surface area contributed by atoms with Crippen LogP contribution in [0, 0.1) is 0 Å². The molecule has 11 heteroatoms. The monoisotopic (exact) mass is 381 g/mol. The maximum atomic E-state index is 12.8. The molecule has 140 valence electrons. The van der Waals surface area contributed by atoms with Gasteiger partial charge in [-0.1, -0.05) is 6.07 Å². The molecule has 2 N–H and O–H groups in total. The number of alkyl halides is 3. The highest BCUT2D eigenvalue weighted by molar-refractivity contribution is 7.89. The Labute approximate surface area is 143 Å². The van der Waals surface area contributed by atoms with Crippen LogP contribution < -0.4 is 10.8 Å². The third kappa shape index (κ3) is 4.83. The molecule has 1 aliphatic heterocycles. The number of hydrogen-bond donors (Lipinski definition) is 2. The fourth-order valence-corrected chi connectivity index (χ4v) is 3.86. The number of nitrogens with zero attached hydrogens (tertiary/aromatic N) is 1. The number of amides is 2. The Balaban J connectivity index is 2.05. The molecule has 1 fully saturated rings. The molecule has 0 spiro atoms. The number of hydrogen-bond acceptors (Lipinski definition) is 4. The fourth-order valence-electron chi connectivity index (χ4n) is 2.33. The van der Waals surface area contributed by atoms with Gasteiger partial charge in [0.15, 0.2) is 0 Å². The third-order valence-electron chi connectivity index (χ3n) is 3.56. The molecule has 2 amide bonds. The maximum Gasteiger partial charge on any atom is 0.416 e. The van der Waals surface area contributed by atoms with Crippen LogP contribution in [-0.2, 0) is 21.0 Å². The molecule has 1 heterocycles. The van der Waals surface area contributed by atoms with Crippen LogP contribution in [0.2, 0.25) is 0 Å². The van der Waals surface area contributed by atoms with Crippen LogP contribution >= 0.6 is 0 Å². The maximum absolute atomic E-state index is 12.8. The van der Waals surface area contributed by atoms with E-state index in [0.29, 0.717) is 19.0 Å². The Hall–Kier alpha value is -1.85. The lowest BCUT2D eigenvalue weighted by atomic mass is 10.2. The van der Waals surface area contributed by atoms with Gasteiger partial charge in [0.25, 0.3) is 0 Å². The molecule has 1 saturated heterocycles. The molecule has 1 aromatic rings. The summed E-state index contributed by atoms with van der Waals surface area (Å²) >= 11 is 0. The molecule has 0 saturated carbocycles. The first-order valence-corrected chi connectivity index (χ1v) is 8.95. The summed E-state index contributed by atoms with van der Waals surface area (Å²) in [5, 5.41) is 2.44. The number of carbonyl (C=O) groups excluding carboxylic acids is 1. The highest BCUT2D eigenvalue weighted by atomic mass is 32.2. The van der Waals surface area contributed by atoms with Crippen molar-refractivity contribution in [3.05, 3.63) is 29.8 Å². The molecular weight excluding hydrogens is 363 g/mol. The number of hydroxylamine groups is 1. The van der Waals surface area contributed by atoms with E-state index in [9.17, 15) is 26.4 Å². The van der Waals surface area contributed by atoms with Crippen LogP contribution in [0.3, 0.4) is 0 Å². The average molecular weight is 381 g/mol. The molecule has 0 unspecified atom stereocenters. The highest BCUT2D eigenvalue weighted by Gasteiger charge is 2.36. The first-order valence-electron chi connectivity index (χ1n) is 7.51. The van der Waals surface area contributed by atoms with E-state index in [4.69, 9.17) is 4.84 Å². The minimum atomic E-state index is -4.63. The lowest BCUT2D eigenvalue weighted by Gasteiger charge is -2.17. The highest BCUT2D eigenvalue weighted by Crippen LogP contribution is 2.31. The number of sulfonamides is 1. The van der Waals surface area contributed by atoms with E-state index in [2.05, 4.69) is 10.8 Å². The van der Waals surface area contributed by atoms with E-state index in [0.717, 1.165) is 22.5 Å². The van der Waals surface area contributed by atoms with Gasteiger partial charge in [-0.15, -0.1) is 0 Å². The number of urea groups is 1. The summed E-state index contributed by atoms with van der Waals surface area (Å²) in [4.78, 5) is 15.9. The summed E-state index contributed by atoms with van der Waals surface area (Å²) in [5.74, 6) is 0. The standard InChI is InChI=1S/C14H18F3N3O4S/c1-2-18-13(21)19-24-11-6-7-20(9-11)25(22,23)12-5-3-4-10(8-12)14(15,16)17/h3-5,8,11H,2,6-7,9H2,1H3,(H2,18,19,21)/t11-/m1/s1. The Kier molecular flexibility index (Phi) is 5.91. The zero-order valence-electron chi connectivity index (χ0n) is 13.3. The summed E-state index contributed by atoms with van der Waals surface area (Å²) < 4.78 is 64.3. The zero-order chi connectivity index (χ0) is 18.7. The number of rotatable bonds is 5. The van der Waals surface area contributed by atoms with Crippen LogP contribution in [0.15, 0.2) is 29.2 Å². The smallest absolute Gasteiger partial charge is 0.337 e. The van der Waals surface area contributed by atoms with Crippen molar-refractivity contribution in [1.82, 2.24) is 15.1 Å². The first kappa shape index (κ1) is 19.5. The second-order valence-corrected chi connectivity index (χ2v) is 7.32. The Morgan fingerprint density at radius 2 is 2.12 bits per heavy atom. The second kappa shape index (κ2) is 7.58. The Bertz CT molecular complexity index is 724. The number of carbonyl (C=O) groups is 1. The van der Waals surface area contributed by atoms with E-state index in [1.54, 1.807) is 6.92 Å². The lowest BCUT2D eigenvalue weighted by Crippen LogP contribution is -2.39. The SMILES string of the molecule is CCNC(=O)NO[C@@H]1CCN(S(=O)(=O)c2cccc(C(F)(F)F)c2)C1. The van der Waals surface area contributed by atoms with Crippen molar-refractivity contribution in [3.8, 4) is 0 Å². The average Bonchev–Trinajstić information content (AvgIpc) is 3.02. The van der Waals surface area contributed by atoms with E-state index in [1.165, 1.54) is 0 Å². The molecule has 7 nitrogen and oxygen atoms in total. The van der Waals surface area contributed by atoms with Crippen LogP contribution in [0.1, 0.15) is 18.9 Å². The topological polar surface area (TPSA) is 87.7 Å². The van der Waals surface area contributed by atoms with Gasteiger partial charge in [-0.2, -0.15) is 17.5 Å². The minimum Gasteiger partial charge on any atom is -0.337 e. The van der Waals surface area contributed by atoms with Gasteiger partial charge in [-0.3, -0.25) is 4.84 Å². The van der Waals surface area contributed by atoms with Crippen molar-refractivity contribution in [2.45, 2.75) is 30.5 Å². The van der Waals surface area contributed by atoms with Gasteiger partial charge in [-0.05, 0) is 31.5 Å². The van der Waals surface area contributed by atoms with Gasteiger partial charge in [-0.25, -0.2) is 18.7 Å². The predicted octanol–water partition coefficient (Wildman–Crippen LogP) is 1.72. The van der Waals surface area contributed by atoms with Crippen molar-refractivity contribution < 1.29 is 31.2 Å². The van der Waals surface area contributed by atoms with Crippen molar-refractivity contribution >= 4 is 16.1 Å². The Morgan fingerprint density at radius 3 is 2.76 bits per heavy atom. The van der Waals surface area contributed by atoms with Gasteiger partial charge < -0.3 is 5.32 Å². The largest absolute Gasteiger partial charge is 0.416 e. The van der Waals surface area contributed by atoms with Gasteiger partial charge in [0, 0.05) is 19.6 Å². The summed E-state index contributed by atoms with van der Waals surface area (Å²) in [6, 6.07) is 3.03. The molecule has 0 aromatic heterocycles. The van der Waals surface area contributed by atoms with Crippen molar-refractivity contribution in [3.63, 3.8) is 0 Å². The van der Waals surface area contributed by atoms with Crippen molar-refractivity contribution in [2.75, 3.05) is 19.6 Å². The van der Waals surface area contributed by atoms with Gasteiger partial charge in [0.2, 0.25) is 10.0 Å². The number of halogens is 3. The molecule has 0 radical (unpaired) electrons. The predicted molar refractivity (Wildman–Crippen MR) is 81.9 cm³/mol. The summed E-state index contributed by atoms with van der Waals surface area (Å²) in [6.07, 6.45) is -4.90. The van der Waals surface area contributed by atoms with Crippen LogP contribution in [0.4, 0.5) is 18.0 Å². The van der Waals surface area contributed by atoms with E-state index in [1.807, 2.05) is 0 Å². The molecule has 0 aliphatic carbocycles. The van der Waals surface area contributed by atoms with Crippen LogP contribution in [0.5, 0.6) is 0 Å². The molecule has 1 aromatic carbocycles.